The van der Waals surface area contributed by atoms with Crippen molar-refractivity contribution in [1.82, 2.24) is 4.90 Å². The van der Waals surface area contributed by atoms with Crippen molar-refractivity contribution in [2.24, 2.45) is 17.8 Å². The molecule has 8 heteroatoms. The Bertz CT molecular complexity index is 1110. The third kappa shape index (κ3) is 7.55. The summed E-state index contributed by atoms with van der Waals surface area (Å²) >= 11 is 0. The second kappa shape index (κ2) is 13.6. The largest absolute Gasteiger partial charge is 0.507 e. The van der Waals surface area contributed by atoms with Crippen molar-refractivity contribution in [2.75, 3.05) is 27.3 Å². The Morgan fingerprint density at radius 2 is 1.76 bits per heavy atom. The molecule has 206 valence electrons. The molecule has 8 nitrogen and oxygen atoms in total. The van der Waals surface area contributed by atoms with E-state index < -0.39 is 12.5 Å². The van der Waals surface area contributed by atoms with Crippen molar-refractivity contribution >= 4 is 17.3 Å². The first-order valence-electron chi connectivity index (χ1n) is 12.5. The molecular formula is C29H43NO7. The number of phenolic OH excluding ortho intramolecular Hbond substituents is 1. The molecule has 1 aliphatic carbocycles. The minimum atomic E-state index is -0.759. The predicted molar refractivity (Wildman–Crippen MR) is 146 cm³/mol. The van der Waals surface area contributed by atoms with Gasteiger partial charge in [0.15, 0.2) is 5.78 Å². The Balaban J connectivity index is 0.00000481. The molecule has 2 aromatic carbocycles. The number of aromatic hydroxyl groups is 1. The van der Waals surface area contributed by atoms with Gasteiger partial charge in [-0.3, -0.25) is 14.4 Å². The van der Waals surface area contributed by atoms with Gasteiger partial charge in [0.25, 0.3) is 0 Å². The number of hydrogen-bond donors (Lipinski definition) is 3. The number of hydrogen-bond acceptors (Lipinski definition) is 7. The lowest BCUT2D eigenvalue weighted by Gasteiger charge is -2.31. The van der Waals surface area contributed by atoms with E-state index in [9.17, 15) is 29.7 Å². The molecule has 37 heavy (non-hydrogen) atoms. The second-order valence-electron chi connectivity index (χ2n) is 10.3. The lowest BCUT2D eigenvalue weighted by atomic mass is 9.72. The number of ketones is 3. The zero-order valence-electron chi connectivity index (χ0n) is 21.9. The van der Waals surface area contributed by atoms with E-state index in [-0.39, 0.29) is 62.7 Å². The van der Waals surface area contributed by atoms with Crippen LogP contribution in [0.5, 0.6) is 5.75 Å². The molecule has 3 rings (SSSR count). The molecule has 0 saturated heterocycles. The Labute approximate surface area is 221 Å². The highest BCUT2D eigenvalue weighted by molar-refractivity contribution is 6.03. The maximum absolute atomic E-state index is 13.2. The molecule has 0 saturated carbocycles. The van der Waals surface area contributed by atoms with Crippen LogP contribution in [0.1, 0.15) is 56.9 Å². The fourth-order valence-electron chi connectivity index (χ4n) is 5.44. The number of Topliss-reactive ketones (excluding diaryl/α,β-unsaturated/α-hetero) is 3. The van der Waals surface area contributed by atoms with Gasteiger partial charge < -0.3 is 25.7 Å². The molecule has 2 aromatic rings. The highest BCUT2D eigenvalue weighted by Gasteiger charge is 2.35. The van der Waals surface area contributed by atoms with E-state index in [0.29, 0.717) is 24.8 Å². The normalized spacial score (nSPS) is 16.6. The molecule has 1 aliphatic rings. The van der Waals surface area contributed by atoms with Gasteiger partial charge in [0, 0.05) is 28.3 Å². The van der Waals surface area contributed by atoms with Gasteiger partial charge in [0.1, 0.15) is 17.3 Å². The first-order valence-corrected chi connectivity index (χ1v) is 12.5. The first-order chi connectivity index (χ1) is 17.1. The Hall–Kier alpha value is -2.91. The molecule has 3 atom stereocenters. The van der Waals surface area contributed by atoms with Crippen LogP contribution in [0.15, 0.2) is 36.4 Å². The van der Waals surface area contributed by atoms with E-state index in [1.807, 2.05) is 32.3 Å². The van der Waals surface area contributed by atoms with Crippen LogP contribution >= 0.6 is 0 Å². The SMILES string of the molecule is CC(=O)CC(=O)C(CO)C(CCO)CC1CC(=O)c2c(O)ccc(-c3ccc(CN(C)C)cc3)c2C1.O.[HH].[HH]. The Kier molecular flexibility index (Phi) is 11.1. The molecule has 0 aliphatic heterocycles. The lowest BCUT2D eigenvalue weighted by molar-refractivity contribution is -0.131. The summed E-state index contributed by atoms with van der Waals surface area (Å²) < 4.78 is 0. The molecular weight excluding hydrogens is 474 g/mol. The third-order valence-electron chi connectivity index (χ3n) is 7.04. The number of nitrogens with zero attached hydrogens (tertiary/aromatic N) is 1. The van der Waals surface area contributed by atoms with E-state index in [4.69, 9.17) is 0 Å². The summed E-state index contributed by atoms with van der Waals surface area (Å²) in [6.45, 7) is 1.59. The number of carbonyl (C=O) groups excluding carboxylic acids is 3. The van der Waals surface area contributed by atoms with Crippen LogP contribution in [-0.4, -0.2) is 70.4 Å². The van der Waals surface area contributed by atoms with Crippen molar-refractivity contribution in [3.63, 3.8) is 0 Å². The quantitative estimate of drug-likeness (QED) is 0.367. The van der Waals surface area contributed by atoms with Gasteiger partial charge in [-0.05, 0) is 80.4 Å². The van der Waals surface area contributed by atoms with Gasteiger partial charge in [-0.25, -0.2) is 0 Å². The van der Waals surface area contributed by atoms with Gasteiger partial charge in [-0.1, -0.05) is 30.3 Å². The van der Waals surface area contributed by atoms with E-state index in [2.05, 4.69) is 17.0 Å². The van der Waals surface area contributed by atoms with Crippen LogP contribution in [0.4, 0.5) is 0 Å². The van der Waals surface area contributed by atoms with Crippen LogP contribution in [0.25, 0.3) is 11.1 Å². The van der Waals surface area contributed by atoms with Gasteiger partial charge in [-0.15, -0.1) is 0 Å². The summed E-state index contributed by atoms with van der Waals surface area (Å²) in [5.74, 6) is -2.00. The van der Waals surface area contributed by atoms with Crippen LogP contribution < -0.4 is 0 Å². The highest BCUT2D eigenvalue weighted by Crippen LogP contribution is 2.41. The minimum absolute atomic E-state index is 0. The molecule has 0 fully saturated rings. The average molecular weight is 518 g/mol. The van der Waals surface area contributed by atoms with Crippen molar-refractivity contribution in [1.29, 1.82) is 0 Å². The first kappa shape index (κ1) is 30.3. The van der Waals surface area contributed by atoms with E-state index in [1.54, 1.807) is 6.07 Å². The van der Waals surface area contributed by atoms with Crippen LogP contribution in [0.3, 0.4) is 0 Å². The van der Waals surface area contributed by atoms with E-state index in [0.717, 1.165) is 23.2 Å². The van der Waals surface area contributed by atoms with Crippen molar-refractivity contribution in [2.45, 2.75) is 45.6 Å². The zero-order chi connectivity index (χ0) is 26.4. The predicted octanol–water partition coefficient (Wildman–Crippen LogP) is 3.08. The number of phenols is 1. The van der Waals surface area contributed by atoms with E-state index in [1.165, 1.54) is 12.5 Å². The van der Waals surface area contributed by atoms with Gasteiger partial charge in [0.2, 0.25) is 0 Å². The molecule has 0 bridgehead atoms. The maximum Gasteiger partial charge on any atom is 0.167 e. The fourth-order valence-corrected chi connectivity index (χ4v) is 5.44. The van der Waals surface area contributed by atoms with Crippen molar-refractivity contribution in [3.05, 3.63) is 53.1 Å². The van der Waals surface area contributed by atoms with Gasteiger partial charge in [0.05, 0.1) is 18.6 Å². The summed E-state index contributed by atoms with van der Waals surface area (Å²) in [5.41, 5.74) is 4.16. The number of carbonyl (C=O) groups is 3. The summed E-state index contributed by atoms with van der Waals surface area (Å²) in [4.78, 5) is 39.3. The number of rotatable bonds is 12. The second-order valence-corrected chi connectivity index (χ2v) is 10.3. The average Bonchev–Trinajstić information content (AvgIpc) is 2.79. The highest BCUT2D eigenvalue weighted by atomic mass is 16.3. The fraction of sp³-hybridized carbons (Fsp3) is 0.483. The molecule has 0 heterocycles. The Morgan fingerprint density at radius 1 is 1.08 bits per heavy atom. The topological polar surface area (TPSA) is 147 Å². The van der Waals surface area contributed by atoms with Gasteiger partial charge in [-0.2, -0.15) is 0 Å². The standard InChI is InChI=1S/C29H37NO6.H2O.2H2/c1-18(33)12-27(35)25(17-32)22(10-11-31)13-20-14-24-23(8-9-26(34)29(24)28(36)15-20)21-6-4-19(5-7-21)16-30(2)3;;;/h4-9,20,22,25,31-32,34H,10-17H2,1-3H3;1H2;2*1H. The number of fused-ring (bicyclic) bond motifs is 1. The number of aliphatic hydroxyl groups is 2. The van der Waals surface area contributed by atoms with E-state index >= 15 is 0 Å². The van der Waals surface area contributed by atoms with Crippen molar-refractivity contribution in [3.8, 4) is 16.9 Å². The number of benzene rings is 2. The van der Waals surface area contributed by atoms with Crippen LogP contribution in [0.2, 0.25) is 0 Å². The monoisotopic (exact) mass is 517 g/mol. The lowest BCUT2D eigenvalue weighted by Crippen LogP contribution is -2.32. The van der Waals surface area contributed by atoms with Gasteiger partial charge >= 0.3 is 0 Å². The van der Waals surface area contributed by atoms with Crippen LogP contribution in [-0.2, 0) is 22.6 Å². The third-order valence-corrected chi connectivity index (χ3v) is 7.04. The molecule has 5 N–H and O–H groups in total. The molecule has 0 radical (unpaired) electrons. The van der Waals surface area contributed by atoms with Crippen molar-refractivity contribution < 1.29 is 38.0 Å². The molecule has 0 spiro atoms. The summed E-state index contributed by atoms with van der Waals surface area (Å²) in [5, 5.41) is 30.1. The summed E-state index contributed by atoms with van der Waals surface area (Å²) in [7, 11) is 4.02. The summed E-state index contributed by atoms with van der Waals surface area (Å²) in [6.07, 6.45) is 1.25. The molecule has 0 aromatic heterocycles. The maximum atomic E-state index is 13.2. The zero-order valence-corrected chi connectivity index (χ0v) is 21.9. The minimum Gasteiger partial charge on any atom is -0.507 e. The summed E-state index contributed by atoms with van der Waals surface area (Å²) in [6, 6.07) is 11.6. The molecule has 3 unspecified atom stereocenters. The number of aliphatic hydroxyl groups excluding tert-OH is 2. The smallest absolute Gasteiger partial charge is 0.167 e. The van der Waals surface area contributed by atoms with Crippen LogP contribution in [0, 0.1) is 17.8 Å². The molecule has 0 amide bonds. The Morgan fingerprint density at radius 3 is 2.32 bits per heavy atom.